The summed E-state index contributed by atoms with van der Waals surface area (Å²) in [5.74, 6) is -0.648. The highest BCUT2D eigenvalue weighted by atomic mass is 16.7. The third-order valence-electron chi connectivity index (χ3n) is 4.39. The van der Waals surface area contributed by atoms with Crippen LogP contribution in [-0.4, -0.2) is 32.7 Å². The van der Waals surface area contributed by atoms with Crippen LogP contribution in [0.15, 0.2) is 12.7 Å². The summed E-state index contributed by atoms with van der Waals surface area (Å²) in [7, 11) is 5.15. The molecule has 1 unspecified atom stereocenters. The molecule has 0 saturated heterocycles. The summed E-state index contributed by atoms with van der Waals surface area (Å²) < 4.78 is 17.0. The summed E-state index contributed by atoms with van der Waals surface area (Å²) in [5, 5.41) is 0. The van der Waals surface area contributed by atoms with Gasteiger partial charge in [-0.15, -0.1) is 6.58 Å². The van der Waals surface area contributed by atoms with Crippen molar-refractivity contribution in [2.75, 3.05) is 21.3 Å². The van der Waals surface area contributed by atoms with Crippen molar-refractivity contribution in [2.45, 2.75) is 90.4 Å². The molecule has 0 amide bonds. The Morgan fingerprint density at radius 2 is 1.32 bits per heavy atom. The molecule has 0 saturated carbocycles. The van der Waals surface area contributed by atoms with Crippen molar-refractivity contribution in [3.63, 3.8) is 0 Å². The van der Waals surface area contributed by atoms with E-state index in [1.54, 1.807) is 27.4 Å². The number of unbranched alkanes of at least 4 members (excludes halogenated alkanes) is 5. The molecule has 0 rings (SSSR count). The Morgan fingerprint density at radius 1 is 0.864 bits per heavy atom. The molecular weight excluding hydrogens is 276 g/mol. The van der Waals surface area contributed by atoms with Crippen LogP contribution in [0.4, 0.5) is 0 Å². The number of ether oxygens (including phenoxy) is 3. The van der Waals surface area contributed by atoms with Crippen molar-refractivity contribution in [1.82, 2.24) is 0 Å². The Hall–Kier alpha value is -0.380. The zero-order chi connectivity index (χ0) is 17.5. The molecule has 0 spiro atoms. The lowest BCUT2D eigenvalue weighted by Gasteiger charge is -2.45. The van der Waals surface area contributed by atoms with Crippen LogP contribution in [0.3, 0.4) is 0 Å². The first-order valence-electron chi connectivity index (χ1n) is 8.69. The van der Waals surface area contributed by atoms with Gasteiger partial charge in [-0.2, -0.15) is 0 Å². The molecule has 0 radical (unpaired) electrons. The summed E-state index contributed by atoms with van der Waals surface area (Å²) in [6.07, 6.45) is 11.2. The molecule has 1 atom stereocenters. The molecule has 0 aliphatic rings. The SMILES string of the molecule is C=CC.CCCCCCCCC(C)(OC)C(CC)(OC)OC. The lowest BCUT2D eigenvalue weighted by atomic mass is 9.86. The first kappa shape index (κ1) is 23.9. The Bertz CT molecular complexity index is 241. The lowest BCUT2D eigenvalue weighted by molar-refractivity contribution is -0.306. The van der Waals surface area contributed by atoms with Crippen molar-refractivity contribution in [3.05, 3.63) is 12.7 Å². The van der Waals surface area contributed by atoms with Gasteiger partial charge in [-0.1, -0.05) is 58.4 Å². The zero-order valence-corrected chi connectivity index (χ0v) is 16.2. The van der Waals surface area contributed by atoms with E-state index in [4.69, 9.17) is 14.2 Å². The number of methoxy groups -OCH3 is 3. The van der Waals surface area contributed by atoms with Crippen LogP contribution in [-0.2, 0) is 14.2 Å². The summed E-state index contributed by atoms with van der Waals surface area (Å²) in [4.78, 5) is 0. The van der Waals surface area contributed by atoms with Crippen molar-refractivity contribution in [1.29, 1.82) is 0 Å². The fourth-order valence-electron chi connectivity index (χ4n) is 2.87. The van der Waals surface area contributed by atoms with Gasteiger partial charge in [0.25, 0.3) is 0 Å². The quantitative estimate of drug-likeness (QED) is 0.261. The normalized spacial score (nSPS) is 14.0. The molecule has 0 N–H and O–H groups in total. The van der Waals surface area contributed by atoms with E-state index >= 15 is 0 Å². The minimum atomic E-state index is -0.648. The third kappa shape index (κ3) is 7.75. The van der Waals surface area contributed by atoms with E-state index in [-0.39, 0.29) is 0 Å². The molecule has 22 heavy (non-hydrogen) atoms. The van der Waals surface area contributed by atoms with Gasteiger partial charge < -0.3 is 14.2 Å². The monoisotopic (exact) mass is 316 g/mol. The van der Waals surface area contributed by atoms with E-state index in [9.17, 15) is 0 Å². The van der Waals surface area contributed by atoms with Crippen LogP contribution in [0.5, 0.6) is 0 Å². The van der Waals surface area contributed by atoms with E-state index < -0.39 is 11.4 Å². The minimum absolute atomic E-state index is 0.393. The highest BCUT2D eigenvalue weighted by molar-refractivity contribution is 4.91. The van der Waals surface area contributed by atoms with Crippen molar-refractivity contribution < 1.29 is 14.2 Å². The molecule has 3 nitrogen and oxygen atoms in total. The Labute approximate surface area is 139 Å². The first-order valence-corrected chi connectivity index (χ1v) is 8.69. The molecule has 0 aliphatic heterocycles. The molecule has 0 aliphatic carbocycles. The maximum absolute atomic E-state index is 5.75. The second-order valence-electron chi connectivity index (χ2n) is 5.88. The first-order chi connectivity index (χ1) is 10.5. The second kappa shape index (κ2) is 14.2. The molecule has 134 valence electrons. The zero-order valence-electron chi connectivity index (χ0n) is 16.2. The minimum Gasteiger partial charge on any atom is -0.373 e. The molecule has 0 heterocycles. The van der Waals surface area contributed by atoms with Crippen LogP contribution >= 0.6 is 0 Å². The van der Waals surface area contributed by atoms with Crippen molar-refractivity contribution in [3.8, 4) is 0 Å². The molecule has 0 aromatic carbocycles. The number of rotatable bonds is 12. The number of allylic oxidation sites excluding steroid dienone is 1. The van der Waals surface area contributed by atoms with Gasteiger partial charge in [-0.05, 0) is 20.3 Å². The topological polar surface area (TPSA) is 27.7 Å². The fraction of sp³-hybridized carbons (Fsp3) is 0.895. The average Bonchev–Trinajstić information content (AvgIpc) is 2.53. The third-order valence-corrected chi connectivity index (χ3v) is 4.39. The maximum atomic E-state index is 5.75. The number of hydrogen-bond acceptors (Lipinski definition) is 3. The van der Waals surface area contributed by atoms with Gasteiger partial charge in [0.1, 0.15) is 5.60 Å². The summed E-state index contributed by atoms with van der Waals surface area (Å²) in [6, 6.07) is 0. The van der Waals surface area contributed by atoms with Crippen molar-refractivity contribution in [2.24, 2.45) is 0 Å². The molecule has 0 fully saturated rings. The molecular formula is C19H40O3. The molecule has 0 bridgehead atoms. The summed E-state index contributed by atoms with van der Waals surface area (Å²) in [6.45, 7) is 11.7. The van der Waals surface area contributed by atoms with Crippen LogP contribution in [0.1, 0.15) is 79.1 Å². The Morgan fingerprint density at radius 3 is 1.68 bits per heavy atom. The van der Waals surface area contributed by atoms with E-state index in [1.165, 1.54) is 32.1 Å². The van der Waals surface area contributed by atoms with E-state index in [0.29, 0.717) is 0 Å². The highest BCUT2D eigenvalue weighted by Gasteiger charge is 2.48. The average molecular weight is 317 g/mol. The van der Waals surface area contributed by atoms with Gasteiger partial charge in [0, 0.05) is 27.8 Å². The molecule has 0 aromatic heterocycles. The van der Waals surface area contributed by atoms with Gasteiger partial charge in [0.15, 0.2) is 5.79 Å². The molecule has 3 heteroatoms. The van der Waals surface area contributed by atoms with Gasteiger partial charge in [0.2, 0.25) is 0 Å². The summed E-state index contributed by atoms with van der Waals surface area (Å²) >= 11 is 0. The van der Waals surface area contributed by atoms with Gasteiger partial charge in [0.05, 0.1) is 0 Å². The maximum Gasteiger partial charge on any atom is 0.196 e. The predicted molar refractivity (Wildman–Crippen MR) is 96.3 cm³/mol. The van der Waals surface area contributed by atoms with Gasteiger partial charge >= 0.3 is 0 Å². The van der Waals surface area contributed by atoms with Gasteiger partial charge in [-0.3, -0.25) is 0 Å². The van der Waals surface area contributed by atoms with Crippen LogP contribution in [0, 0.1) is 0 Å². The van der Waals surface area contributed by atoms with E-state index in [1.807, 2.05) is 6.92 Å². The van der Waals surface area contributed by atoms with E-state index in [0.717, 1.165) is 19.3 Å². The largest absolute Gasteiger partial charge is 0.373 e. The van der Waals surface area contributed by atoms with E-state index in [2.05, 4.69) is 27.4 Å². The highest BCUT2D eigenvalue weighted by Crippen LogP contribution is 2.37. The lowest BCUT2D eigenvalue weighted by Crippen LogP contribution is -2.55. The van der Waals surface area contributed by atoms with Crippen LogP contribution in [0.2, 0.25) is 0 Å². The Balaban J connectivity index is 0. The summed E-state index contributed by atoms with van der Waals surface area (Å²) in [5.41, 5.74) is -0.393. The smallest absolute Gasteiger partial charge is 0.196 e. The Kier molecular flexibility index (Phi) is 15.4. The van der Waals surface area contributed by atoms with Crippen molar-refractivity contribution >= 4 is 0 Å². The fourth-order valence-corrected chi connectivity index (χ4v) is 2.87. The predicted octanol–water partition coefficient (Wildman–Crippen LogP) is 5.73. The molecule has 0 aromatic rings. The van der Waals surface area contributed by atoms with Crippen LogP contribution in [0.25, 0.3) is 0 Å². The van der Waals surface area contributed by atoms with Gasteiger partial charge in [-0.25, -0.2) is 0 Å². The van der Waals surface area contributed by atoms with Crippen LogP contribution < -0.4 is 0 Å². The second-order valence-corrected chi connectivity index (χ2v) is 5.88. The standard InChI is InChI=1S/C16H34O3.C3H6/c1-7-9-10-11-12-13-14-15(3,17-4)16(8-2,18-5)19-6;1-3-2/h7-14H2,1-6H3;3H,1H2,2H3. The number of hydrogen-bond donors (Lipinski definition) is 0.